The monoisotopic (exact) mass is 348 g/mol. The number of nitrogens with one attached hydrogen (secondary N) is 1. The van der Waals surface area contributed by atoms with Crippen LogP contribution in [-0.2, 0) is 17.8 Å². The van der Waals surface area contributed by atoms with Crippen molar-refractivity contribution >= 4 is 28.8 Å². The molecule has 3 rings (SSSR count). The van der Waals surface area contributed by atoms with Crippen molar-refractivity contribution in [2.24, 2.45) is 0 Å². The molecule has 122 valence electrons. The van der Waals surface area contributed by atoms with E-state index in [-0.39, 0.29) is 11.9 Å². The van der Waals surface area contributed by atoms with E-state index in [0.29, 0.717) is 6.42 Å². The summed E-state index contributed by atoms with van der Waals surface area (Å²) >= 11 is 7.46. The summed E-state index contributed by atoms with van der Waals surface area (Å²) in [5, 5.41) is 3.16. The molecule has 1 saturated heterocycles. The van der Waals surface area contributed by atoms with Gasteiger partial charge in [0.1, 0.15) is 0 Å². The zero-order chi connectivity index (χ0) is 16.1. The molecule has 23 heavy (non-hydrogen) atoms. The quantitative estimate of drug-likeness (QED) is 0.862. The molecule has 1 aromatic heterocycles. The van der Waals surface area contributed by atoms with Gasteiger partial charge in [-0.25, -0.2) is 0 Å². The highest BCUT2D eigenvalue weighted by molar-refractivity contribution is 7.16. The Labute approximate surface area is 146 Å². The maximum Gasteiger partial charge on any atom is 0.220 e. The zero-order valence-electron chi connectivity index (χ0n) is 13.0. The van der Waals surface area contributed by atoms with Gasteiger partial charge < -0.3 is 5.32 Å². The standard InChI is InChI=1S/C18H21ClN2OS/c19-17-8-6-16(23-17)7-9-18(22)20-15-10-11-21(13-15)12-14-4-2-1-3-5-14/h1-6,8,15H,7,9-13H2,(H,20,22)/t15-/m1/s1. The van der Waals surface area contributed by atoms with Crippen LogP contribution in [0.3, 0.4) is 0 Å². The van der Waals surface area contributed by atoms with Crippen LogP contribution >= 0.6 is 22.9 Å². The lowest BCUT2D eigenvalue weighted by atomic mass is 10.2. The molecule has 0 aliphatic carbocycles. The van der Waals surface area contributed by atoms with Crippen molar-refractivity contribution in [2.45, 2.75) is 31.8 Å². The number of benzene rings is 1. The third-order valence-electron chi connectivity index (χ3n) is 4.11. The van der Waals surface area contributed by atoms with Crippen LogP contribution in [0.1, 0.15) is 23.3 Å². The van der Waals surface area contributed by atoms with Gasteiger partial charge in [0.25, 0.3) is 0 Å². The predicted molar refractivity (Wildman–Crippen MR) is 95.9 cm³/mol. The van der Waals surface area contributed by atoms with E-state index in [1.54, 1.807) is 11.3 Å². The summed E-state index contributed by atoms with van der Waals surface area (Å²) in [4.78, 5) is 15.7. The molecular weight excluding hydrogens is 328 g/mol. The van der Waals surface area contributed by atoms with Crippen molar-refractivity contribution in [2.75, 3.05) is 13.1 Å². The molecule has 1 aromatic carbocycles. The Bertz CT molecular complexity index is 643. The van der Waals surface area contributed by atoms with Gasteiger partial charge >= 0.3 is 0 Å². The van der Waals surface area contributed by atoms with Crippen LogP contribution < -0.4 is 5.32 Å². The van der Waals surface area contributed by atoms with Crippen LogP contribution in [0.25, 0.3) is 0 Å². The molecule has 1 aliphatic rings. The first-order chi connectivity index (χ1) is 11.2. The molecule has 1 N–H and O–H groups in total. The molecule has 0 bridgehead atoms. The molecule has 0 unspecified atom stereocenters. The van der Waals surface area contributed by atoms with Gasteiger partial charge in [-0.15, -0.1) is 11.3 Å². The number of amides is 1. The number of rotatable bonds is 6. The largest absolute Gasteiger partial charge is 0.352 e. The Morgan fingerprint density at radius 2 is 2.09 bits per heavy atom. The van der Waals surface area contributed by atoms with Gasteiger partial charge in [-0.3, -0.25) is 9.69 Å². The fourth-order valence-electron chi connectivity index (χ4n) is 2.96. The Hall–Kier alpha value is -1.36. The molecule has 1 aliphatic heterocycles. The highest BCUT2D eigenvalue weighted by atomic mass is 35.5. The van der Waals surface area contributed by atoms with Crippen molar-refractivity contribution < 1.29 is 4.79 Å². The minimum atomic E-state index is 0.140. The third-order valence-corrected chi connectivity index (χ3v) is 5.40. The van der Waals surface area contributed by atoms with E-state index in [1.807, 2.05) is 18.2 Å². The van der Waals surface area contributed by atoms with Gasteiger partial charge in [-0.2, -0.15) is 0 Å². The zero-order valence-corrected chi connectivity index (χ0v) is 14.6. The van der Waals surface area contributed by atoms with Crippen molar-refractivity contribution in [1.82, 2.24) is 10.2 Å². The van der Waals surface area contributed by atoms with Crippen molar-refractivity contribution in [3.8, 4) is 0 Å². The Kier molecular flexibility index (Phi) is 5.70. The van der Waals surface area contributed by atoms with Crippen LogP contribution in [0.2, 0.25) is 4.34 Å². The molecule has 5 heteroatoms. The average Bonchev–Trinajstić information content (AvgIpc) is 3.15. The van der Waals surface area contributed by atoms with Gasteiger partial charge in [0.15, 0.2) is 0 Å². The Morgan fingerprint density at radius 3 is 2.83 bits per heavy atom. The first-order valence-electron chi connectivity index (χ1n) is 7.99. The lowest BCUT2D eigenvalue weighted by Crippen LogP contribution is -2.37. The third kappa shape index (κ3) is 5.06. The number of carbonyl (C=O) groups is 1. The van der Waals surface area contributed by atoms with Crippen molar-refractivity contribution in [1.29, 1.82) is 0 Å². The van der Waals surface area contributed by atoms with E-state index in [1.165, 1.54) is 10.4 Å². The number of thiophene rings is 1. The highest BCUT2D eigenvalue weighted by Crippen LogP contribution is 2.22. The van der Waals surface area contributed by atoms with E-state index in [2.05, 4.69) is 34.5 Å². The fraction of sp³-hybridized carbons (Fsp3) is 0.389. The molecule has 2 heterocycles. The topological polar surface area (TPSA) is 32.3 Å². The second-order valence-corrected chi connectivity index (χ2v) is 7.78. The molecule has 1 amide bonds. The SMILES string of the molecule is O=C(CCc1ccc(Cl)s1)N[C@@H]1CCN(Cc2ccccc2)C1. The summed E-state index contributed by atoms with van der Waals surface area (Å²) < 4.78 is 0.785. The van der Waals surface area contributed by atoms with Crippen molar-refractivity contribution in [3.63, 3.8) is 0 Å². The van der Waals surface area contributed by atoms with Gasteiger partial charge in [-0.05, 0) is 30.5 Å². The van der Waals surface area contributed by atoms with Crippen LogP contribution in [0.4, 0.5) is 0 Å². The molecule has 1 fully saturated rings. The number of halogens is 1. The summed E-state index contributed by atoms with van der Waals surface area (Å²) in [7, 11) is 0. The van der Waals surface area contributed by atoms with Crippen LogP contribution in [0, 0.1) is 0 Å². The van der Waals surface area contributed by atoms with E-state index in [4.69, 9.17) is 11.6 Å². The fourth-order valence-corrected chi connectivity index (χ4v) is 4.05. The second kappa shape index (κ2) is 7.95. The lowest BCUT2D eigenvalue weighted by Gasteiger charge is -2.16. The van der Waals surface area contributed by atoms with E-state index in [9.17, 15) is 4.79 Å². The molecule has 0 saturated carbocycles. The number of hydrogen-bond donors (Lipinski definition) is 1. The summed E-state index contributed by atoms with van der Waals surface area (Å²) in [6.07, 6.45) is 2.33. The first-order valence-corrected chi connectivity index (χ1v) is 9.18. The normalized spacial score (nSPS) is 18.2. The highest BCUT2D eigenvalue weighted by Gasteiger charge is 2.23. The Morgan fingerprint density at radius 1 is 1.26 bits per heavy atom. The maximum atomic E-state index is 12.1. The second-order valence-electron chi connectivity index (χ2n) is 5.98. The van der Waals surface area contributed by atoms with Gasteiger partial charge in [0.05, 0.1) is 4.34 Å². The summed E-state index contributed by atoms with van der Waals surface area (Å²) in [5.41, 5.74) is 1.33. The number of hydrogen-bond acceptors (Lipinski definition) is 3. The van der Waals surface area contributed by atoms with Gasteiger partial charge in [0, 0.05) is 37.0 Å². The van der Waals surface area contributed by atoms with E-state index in [0.717, 1.165) is 36.8 Å². The first kappa shape index (κ1) is 16.5. The number of likely N-dealkylation sites (tertiary alicyclic amines) is 1. The molecule has 0 spiro atoms. The molecule has 0 radical (unpaired) electrons. The Balaban J connectivity index is 1.40. The molecule has 2 aromatic rings. The number of nitrogens with zero attached hydrogens (tertiary/aromatic N) is 1. The van der Waals surface area contributed by atoms with E-state index < -0.39 is 0 Å². The van der Waals surface area contributed by atoms with Gasteiger partial charge in [0.2, 0.25) is 5.91 Å². The molecular formula is C18H21ClN2OS. The minimum absolute atomic E-state index is 0.140. The summed E-state index contributed by atoms with van der Waals surface area (Å²) in [5.74, 6) is 0.140. The van der Waals surface area contributed by atoms with Gasteiger partial charge in [-0.1, -0.05) is 41.9 Å². The van der Waals surface area contributed by atoms with E-state index >= 15 is 0 Å². The van der Waals surface area contributed by atoms with Crippen molar-refractivity contribution in [3.05, 3.63) is 57.2 Å². The van der Waals surface area contributed by atoms with Crippen LogP contribution in [0.5, 0.6) is 0 Å². The minimum Gasteiger partial charge on any atom is -0.352 e. The predicted octanol–water partition coefficient (Wildman–Crippen LogP) is 3.72. The van der Waals surface area contributed by atoms with Crippen LogP contribution in [-0.4, -0.2) is 29.9 Å². The van der Waals surface area contributed by atoms with Crippen LogP contribution in [0.15, 0.2) is 42.5 Å². The average molecular weight is 349 g/mol. The number of carbonyl (C=O) groups excluding carboxylic acids is 1. The smallest absolute Gasteiger partial charge is 0.220 e. The molecule has 1 atom stereocenters. The summed E-state index contributed by atoms with van der Waals surface area (Å²) in [6.45, 7) is 2.94. The lowest BCUT2D eigenvalue weighted by molar-refractivity contribution is -0.121. The number of aryl methyl sites for hydroxylation is 1. The molecule has 3 nitrogen and oxygen atoms in total. The summed E-state index contributed by atoms with van der Waals surface area (Å²) in [6, 6.07) is 14.6. The maximum absolute atomic E-state index is 12.1.